The second kappa shape index (κ2) is 21.3. The van der Waals surface area contributed by atoms with Gasteiger partial charge in [-0.2, -0.15) is 9.68 Å². The summed E-state index contributed by atoms with van der Waals surface area (Å²) in [5.41, 5.74) is 0. The molecule has 0 bridgehead atoms. The van der Waals surface area contributed by atoms with Crippen LogP contribution in [0.4, 0.5) is 0 Å². The van der Waals surface area contributed by atoms with E-state index in [-0.39, 0.29) is 23.1 Å². The fourth-order valence-electron chi connectivity index (χ4n) is 3.22. The third-order valence-corrected chi connectivity index (χ3v) is 4.86. The van der Waals surface area contributed by atoms with Crippen LogP contribution in [0.1, 0.15) is 111 Å². The minimum Gasteiger partial charge on any atom is -1.00 e. The largest absolute Gasteiger partial charge is 1.00 e. The predicted octanol–water partition coefficient (Wildman–Crippen LogP) is 3.90. The summed E-state index contributed by atoms with van der Waals surface area (Å²) in [5, 5.41) is 0. The summed E-state index contributed by atoms with van der Waals surface area (Å²) in [6.45, 7) is 6.96. The van der Waals surface area contributed by atoms with E-state index < -0.39 is 0 Å². The summed E-state index contributed by atoms with van der Waals surface area (Å²) in [5.74, 6) is 0.0105. The maximum absolute atomic E-state index is 12.3. The van der Waals surface area contributed by atoms with Crippen LogP contribution >= 0.6 is 0 Å². The lowest BCUT2D eigenvalue weighted by molar-refractivity contribution is -1.18. The Morgan fingerprint density at radius 1 is 0.714 bits per heavy atom. The molecule has 0 unspecified atom stereocenters. The predicted molar refractivity (Wildman–Crippen MR) is 114 cm³/mol. The van der Waals surface area contributed by atoms with E-state index in [9.17, 15) is 4.79 Å². The number of allylic oxidation sites excluding steroid dienone is 2. The van der Waals surface area contributed by atoms with Gasteiger partial charge in [-0.1, -0.05) is 70.4 Å². The molecule has 0 saturated carbocycles. The zero-order chi connectivity index (χ0) is 20.2. The first-order chi connectivity index (χ1) is 13.1. The number of amides is 1. The van der Waals surface area contributed by atoms with Crippen molar-refractivity contribution in [2.45, 2.75) is 111 Å². The summed E-state index contributed by atoms with van der Waals surface area (Å²) < 4.78 is 0. The maximum Gasteiger partial charge on any atom is 0.378 e. The second-order valence-corrected chi connectivity index (χ2v) is 7.41. The van der Waals surface area contributed by atoms with Gasteiger partial charge in [0.05, 0.1) is 6.42 Å². The monoisotopic (exact) mass is 419 g/mol. The van der Waals surface area contributed by atoms with Gasteiger partial charge >= 0.3 is 5.91 Å². The van der Waals surface area contributed by atoms with Crippen molar-refractivity contribution in [1.29, 1.82) is 0 Å². The molecule has 0 heterocycles. The number of rotatable bonds is 19. The molecule has 0 aromatic heterocycles. The molecule has 0 aliphatic rings. The van der Waals surface area contributed by atoms with Crippen molar-refractivity contribution in [3.63, 3.8) is 0 Å². The van der Waals surface area contributed by atoms with Crippen LogP contribution in [0.2, 0.25) is 0 Å². The molecule has 5 heteroatoms. The zero-order valence-electron chi connectivity index (χ0n) is 19.0. The van der Waals surface area contributed by atoms with E-state index in [1.54, 1.807) is 7.05 Å². The van der Waals surface area contributed by atoms with Gasteiger partial charge in [0.2, 0.25) is 0 Å². The molecule has 28 heavy (non-hydrogen) atoms. The van der Waals surface area contributed by atoms with Gasteiger partial charge in [0.1, 0.15) is 20.3 Å². The van der Waals surface area contributed by atoms with Crippen LogP contribution < -0.4 is 12.4 Å². The maximum atomic E-state index is 12.3. The summed E-state index contributed by atoms with van der Waals surface area (Å²) in [6, 6.07) is 0. The molecule has 0 fully saturated rings. The Morgan fingerprint density at radius 3 is 1.61 bits per heavy atom. The molecule has 0 atom stereocenters. The molecule has 0 aromatic carbocycles. The smallest absolute Gasteiger partial charge is 0.378 e. The minimum atomic E-state index is -0.351. The van der Waals surface area contributed by atoms with Crippen molar-refractivity contribution in [2.75, 3.05) is 20.3 Å². The molecule has 1 amide bonds. The average molecular weight is 420 g/mol. The molecule has 0 radical (unpaired) electrons. The third kappa shape index (κ3) is 16.5. The number of carbonyl (C=O) groups excluding carboxylic acids is 1. The van der Waals surface area contributed by atoms with E-state index in [1.807, 2.05) is 13.8 Å². The SMILES string of the molecule is CCCCCCCC/C=C\CCCCCCCC(=O)[N+](C)(OCC)OCC.[Cl-]. The van der Waals surface area contributed by atoms with Gasteiger partial charge in [-0.05, 0) is 46.0 Å². The van der Waals surface area contributed by atoms with E-state index in [0.717, 1.165) is 12.8 Å². The van der Waals surface area contributed by atoms with Crippen LogP contribution in [0, 0.1) is 0 Å². The van der Waals surface area contributed by atoms with Crippen molar-refractivity contribution in [2.24, 2.45) is 0 Å². The molecule has 0 spiro atoms. The Balaban J connectivity index is 0. The van der Waals surface area contributed by atoms with Gasteiger partial charge < -0.3 is 12.4 Å². The van der Waals surface area contributed by atoms with Crippen LogP contribution in [0.25, 0.3) is 0 Å². The van der Waals surface area contributed by atoms with Crippen LogP contribution in [-0.4, -0.2) is 31.0 Å². The van der Waals surface area contributed by atoms with Crippen molar-refractivity contribution in [3.8, 4) is 0 Å². The molecule has 0 aliphatic carbocycles. The molecule has 0 aromatic rings. The highest BCUT2D eigenvalue weighted by atomic mass is 35.5. The molecule has 4 nitrogen and oxygen atoms in total. The first-order valence-corrected chi connectivity index (χ1v) is 11.4. The van der Waals surface area contributed by atoms with Crippen LogP contribution in [0.5, 0.6) is 0 Å². The summed E-state index contributed by atoms with van der Waals surface area (Å²) >= 11 is 0. The van der Waals surface area contributed by atoms with Gasteiger partial charge in [-0.15, -0.1) is 0 Å². The highest BCUT2D eigenvalue weighted by Gasteiger charge is 2.35. The first kappa shape index (κ1) is 29.8. The van der Waals surface area contributed by atoms with Crippen LogP contribution in [0.3, 0.4) is 0 Å². The van der Waals surface area contributed by atoms with Crippen molar-refractivity contribution in [3.05, 3.63) is 12.2 Å². The Bertz CT molecular complexity index is 369. The third-order valence-electron chi connectivity index (χ3n) is 4.86. The number of hydroxylamine groups is 4. The lowest BCUT2D eigenvalue weighted by Gasteiger charge is -2.24. The van der Waals surface area contributed by atoms with E-state index in [0.29, 0.717) is 19.6 Å². The normalized spacial score (nSPS) is 11.7. The molecule has 0 N–H and O–H groups in total. The van der Waals surface area contributed by atoms with Crippen LogP contribution in [0.15, 0.2) is 12.2 Å². The Morgan fingerprint density at radius 2 is 1.14 bits per heavy atom. The topological polar surface area (TPSA) is 35.5 Å². The van der Waals surface area contributed by atoms with Gasteiger partial charge in [0.25, 0.3) is 0 Å². The molecule has 0 saturated heterocycles. The van der Waals surface area contributed by atoms with E-state index in [2.05, 4.69) is 19.1 Å². The van der Waals surface area contributed by atoms with Crippen molar-refractivity contribution in [1.82, 2.24) is 0 Å². The first-order valence-electron chi connectivity index (χ1n) is 11.4. The minimum absolute atomic E-state index is 0. The number of hydrogen-bond acceptors (Lipinski definition) is 3. The van der Waals surface area contributed by atoms with Gasteiger partial charge in [-0.25, -0.2) is 4.79 Å². The second-order valence-electron chi connectivity index (χ2n) is 7.41. The number of halogens is 1. The van der Waals surface area contributed by atoms with Gasteiger partial charge in [-0.3, -0.25) is 0 Å². The summed E-state index contributed by atoms with van der Waals surface area (Å²) in [4.78, 5) is 22.9. The van der Waals surface area contributed by atoms with E-state index >= 15 is 0 Å². The van der Waals surface area contributed by atoms with E-state index in [4.69, 9.17) is 9.68 Å². The Kier molecular flexibility index (Phi) is 22.6. The van der Waals surface area contributed by atoms with Crippen LogP contribution in [-0.2, 0) is 14.5 Å². The van der Waals surface area contributed by atoms with Gasteiger partial charge in [0, 0.05) is 4.81 Å². The Labute approximate surface area is 180 Å². The average Bonchev–Trinajstić information content (AvgIpc) is 2.65. The zero-order valence-corrected chi connectivity index (χ0v) is 19.8. The molecular weight excluding hydrogens is 374 g/mol. The number of quaternary nitrogens is 1. The lowest BCUT2D eigenvalue weighted by atomic mass is 10.1. The lowest BCUT2D eigenvalue weighted by Crippen LogP contribution is -3.00. The standard InChI is InChI=1S/C23H46NO3.ClH/c1-5-8-9-10-11-12-13-14-15-16-17-18-19-20-21-22-23(25)24(4,26-6-2)27-7-3;/h14-15H,5-13,16-22H2,1-4H3;1H/q+1;/p-1/b15-14-;. The molecule has 0 rings (SSSR count). The fourth-order valence-corrected chi connectivity index (χ4v) is 3.22. The molecule has 0 aliphatic heterocycles. The summed E-state index contributed by atoms with van der Waals surface area (Å²) in [6.07, 6.45) is 21.6. The number of unbranched alkanes of at least 4 members (excludes halogenated alkanes) is 11. The Hall–Kier alpha value is -0.420. The van der Waals surface area contributed by atoms with Crippen molar-refractivity contribution >= 4 is 5.91 Å². The number of nitrogens with zero attached hydrogens (tertiary/aromatic N) is 1. The van der Waals surface area contributed by atoms with Gasteiger partial charge in [0.15, 0.2) is 0 Å². The summed E-state index contributed by atoms with van der Waals surface area (Å²) in [7, 11) is 1.69. The fraction of sp³-hybridized carbons (Fsp3) is 0.870. The number of carbonyl (C=O) groups is 1. The highest BCUT2D eigenvalue weighted by molar-refractivity contribution is 5.67. The van der Waals surface area contributed by atoms with E-state index in [1.165, 1.54) is 70.6 Å². The number of hydrogen-bond donors (Lipinski definition) is 0. The molecular formula is C23H46ClNO3. The quantitative estimate of drug-likeness (QED) is 0.138. The molecule has 168 valence electrons. The highest BCUT2D eigenvalue weighted by Crippen LogP contribution is 2.14. The van der Waals surface area contributed by atoms with Crippen molar-refractivity contribution < 1.29 is 31.7 Å².